The fraction of sp³-hybridized carbons (Fsp3) is 0.500. The molecular formula is C16H25N. The van der Waals surface area contributed by atoms with Crippen LogP contribution in [-0.4, -0.2) is 7.05 Å². The highest BCUT2D eigenvalue weighted by atomic mass is 15.1. The number of para-hydroxylation sites is 1. The predicted octanol–water partition coefficient (Wildman–Crippen LogP) is 4.85. The second kappa shape index (κ2) is 7.16. The summed E-state index contributed by atoms with van der Waals surface area (Å²) in [6.45, 7) is 6.44. The van der Waals surface area contributed by atoms with Gasteiger partial charge in [0, 0.05) is 18.4 Å². The van der Waals surface area contributed by atoms with Crippen LogP contribution in [0.25, 0.3) is 0 Å². The Morgan fingerprint density at radius 1 is 1.24 bits per heavy atom. The first-order valence-electron chi connectivity index (χ1n) is 6.66. The standard InChI is InChI=1S/C13H17N.C3H8/c1-11(10-12-8-9-12)14(2)13-6-4-3-5-7-13;1-3-2/h3-7,10,12H,8-9H2,1-2H3;3H2,1-2H3/b11-10+;. The number of rotatable bonds is 3. The zero-order valence-corrected chi connectivity index (χ0v) is 11.6. The highest BCUT2D eigenvalue weighted by Crippen LogP contribution is 2.32. The van der Waals surface area contributed by atoms with Crippen LogP contribution in [0.3, 0.4) is 0 Å². The minimum Gasteiger partial charge on any atom is -0.349 e. The van der Waals surface area contributed by atoms with Crippen molar-refractivity contribution in [2.45, 2.75) is 40.0 Å². The summed E-state index contributed by atoms with van der Waals surface area (Å²) in [6, 6.07) is 10.5. The third-order valence-corrected chi connectivity index (χ3v) is 2.77. The van der Waals surface area contributed by atoms with E-state index in [0.29, 0.717) is 0 Å². The van der Waals surface area contributed by atoms with Gasteiger partial charge in [0.05, 0.1) is 0 Å². The van der Waals surface area contributed by atoms with Crippen LogP contribution in [0.15, 0.2) is 42.1 Å². The highest BCUT2D eigenvalue weighted by Gasteiger charge is 2.19. The molecule has 0 radical (unpaired) electrons. The molecule has 1 aromatic carbocycles. The lowest BCUT2D eigenvalue weighted by atomic mass is 10.2. The number of hydrogen-bond acceptors (Lipinski definition) is 1. The van der Waals surface area contributed by atoms with E-state index in [-0.39, 0.29) is 0 Å². The highest BCUT2D eigenvalue weighted by molar-refractivity contribution is 5.50. The molecule has 1 aliphatic rings. The van der Waals surface area contributed by atoms with E-state index in [1.165, 1.54) is 30.6 Å². The molecule has 1 saturated carbocycles. The van der Waals surface area contributed by atoms with Crippen molar-refractivity contribution in [1.29, 1.82) is 0 Å². The van der Waals surface area contributed by atoms with Crippen molar-refractivity contribution < 1.29 is 0 Å². The van der Waals surface area contributed by atoms with E-state index < -0.39 is 0 Å². The van der Waals surface area contributed by atoms with Gasteiger partial charge in [0.25, 0.3) is 0 Å². The molecule has 0 saturated heterocycles. The molecule has 1 aromatic rings. The van der Waals surface area contributed by atoms with Gasteiger partial charge in [-0.25, -0.2) is 0 Å². The predicted molar refractivity (Wildman–Crippen MR) is 77.3 cm³/mol. The first-order valence-corrected chi connectivity index (χ1v) is 6.66. The Labute approximate surface area is 106 Å². The Bertz CT molecular complexity index is 336. The van der Waals surface area contributed by atoms with Crippen LogP contribution in [0, 0.1) is 5.92 Å². The summed E-state index contributed by atoms with van der Waals surface area (Å²) in [5, 5.41) is 0. The SMILES string of the molecule is C/C(=C\C1CC1)N(C)c1ccccc1.CCC. The van der Waals surface area contributed by atoms with Crippen molar-refractivity contribution in [2.24, 2.45) is 5.92 Å². The Kier molecular flexibility index (Phi) is 5.82. The maximum Gasteiger partial charge on any atom is 0.0405 e. The van der Waals surface area contributed by atoms with Crippen molar-refractivity contribution in [3.05, 3.63) is 42.1 Å². The van der Waals surface area contributed by atoms with E-state index >= 15 is 0 Å². The summed E-state index contributed by atoms with van der Waals surface area (Å²) in [7, 11) is 2.13. The molecule has 0 amide bonds. The molecule has 1 aliphatic carbocycles. The number of nitrogens with zero attached hydrogens (tertiary/aromatic N) is 1. The van der Waals surface area contributed by atoms with Crippen LogP contribution in [0.1, 0.15) is 40.0 Å². The molecule has 0 bridgehead atoms. The lowest BCUT2D eigenvalue weighted by Crippen LogP contribution is -2.14. The molecule has 0 spiro atoms. The van der Waals surface area contributed by atoms with E-state index in [1.54, 1.807) is 0 Å². The van der Waals surface area contributed by atoms with E-state index in [1.807, 2.05) is 0 Å². The van der Waals surface area contributed by atoms with Crippen LogP contribution >= 0.6 is 0 Å². The smallest absolute Gasteiger partial charge is 0.0405 e. The fourth-order valence-electron chi connectivity index (χ4n) is 1.57. The molecule has 0 unspecified atom stereocenters. The number of anilines is 1. The average molecular weight is 231 g/mol. The maximum absolute atomic E-state index is 2.38. The van der Waals surface area contributed by atoms with Gasteiger partial charge in [-0.1, -0.05) is 44.5 Å². The van der Waals surface area contributed by atoms with E-state index in [4.69, 9.17) is 0 Å². The topological polar surface area (TPSA) is 3.24 Å². The zero-order valence-electron chi connectivity index (χ0n) is 11.6. The molecule has 1 heteroatoms. The van der Waals surface area contributed by atoms with Crippen LogP contribution in [0.2, 0.25) is 0 Å². The van der Waals surface area contributed by atoms with Crippen molar-refractivity contribution in [3.63, 3.8) is 0 Å². The van der Waals surface area contributed by atoms with Crippen LogP contribution in [0.4, 0.5) is 5.69 Å². The fourth-order valence-corrected chi connectivity index (χ4v) is 1.57. The minimum atomic E-state index is 0.848. The molecule has 94 valence electrons. The van der Waals surface area contributed by atoms with Crippen molar-refractivity contribution in [1.82, 2.24) is 0 Å². The van der Waals surface area contributed by atoms with Gasteiger partial charge >= 0.3 is 0 Å². The molecule has 0 aromatic heterocycles. The molecule has 0 atom stereocenters. The molecular weight excluding hydrogens is 206 g/mol. The van der Waals surface area contributed by atoms with Crippen molar-refractivity contribution in [2.75, 3.05) is 11.9 Å². The normalized spacial score (nSPS) is 14.9. The third-order valence-electron chi connectivity index (χ3n) is 2.77. The summed E-state index contributed by atoms with van der Waals surface area (Å²) in [4.78, 5) is 2.25. The molecule has 0 N–H and O–H groups in total. The average Bonchev–Trinajstić information content (AvgIpc) is 3.14. The lowest BCUT2D eigenvalue weighted by Gasteiger charge is -2.19. The summed E-state index contributed by atoms with van der Waals surface area (Å²) < 4.78 is 0. The lowest BCUT2D eigenvalue weighted by molar-refractivity contribution is 1.02. The summed E-state index contributed by atoms with van der Waals surface area (Å²) >= 11 is 0. The third kappa shape index (κ3) is 5.08. The van der Waals surface area contributed by atoms with Crippen LogP contribution < -0.4 is 4.90 Å². The van der Waals surface area contributed by atoms with E-state index in [9.17, 15) is 0 Å². The second-order valence-electron chi connectivity index (χ2n) is 4.75. The van der Waals surface area contributed by atoms with Gasteiger partial charge in [0.2, 0.25) is 0 Å². The molecule has 2 rings (SSSR count). The van der Waals surface area contributed by atoms with E-state index in [2.05, 4.69) is 69.1 Å². The van der Waals surface area contributed by atoms with Crippen molar-refractivity contribution >= 4 is 5.69 Å². The maximum atomic E-state index is 2.38. The van der Waals surface area contributed by atoms with Gasteiger partial charge < -0.3 is 4.90 Å². The first kappa shape index (κ1) is 13.8. The van der Waals surface area contributed by atoms with E-state index in [0.717, 1.165) is 5.92 Å². The van der Waals surface area contributed by atoms with Gasteiger partial charge in [-0.2, -0.15) is 0 Å². The summed E-state index contributed by atoms with van der Waals surface area (Å²) in [5.74, 6) is 0.848. The minimum absolute atomic E-state index is 0.848. The number of hydrogen-bond donors (Lipinski definition) is 0. The van der Waals surface area contributed by atoms with Gasteiger partial charge in [-0.3, -0.25) is 0 Å². The molecule has 0 aliphatic heterocycles. The van der Waals surface area contributed by atoms with Gasteiger partial charge in [0.15, 0.2) is 0 Å². The monoisotopic (exact) mass is 231 g/mol. The van der Waals surface area contributed by atoms with Gasteiger partial charge in [-0.15, -0.1) is 0 Å². The quantitative estimate of drug-likeness (QED) is 0.718. The largest absolute Gasteiger partial charge is 0.349 e. The summed E-state index contributed by atoms with van der Waals surface area (Å²) in [6.07, 6.45) is 6.38. The van der Waals surface area contributed by atoms with Gasteiger partial charge in [0.1, 0.15) is 0 Å². The Morgan fingerprint density at radius 2 is 1.76 bits per heavy atom. The molecule has 17 heavy (non-hydrogen) atoms. The zero-order chi connectivity index (χ0) is 12.7. The Morgan fingerprint density at radius 3 is 2.24 bits per heavy atom. The van der Waals surface area contributed by atoms with Crippen LogP contribution in [-0.2, 0) is 0 Å². The first-order chi connectivity index (χ1) is 8.19. The molecule has 1 fully saturated rings. The Hall–Kier alpha value is -1.24. The van der Waals surface area contributed by atoms with Crippen LogP contribution in [0.5, 0.6) is 0 Å². The Balaban J connectivity index is 0.000000437. The van der Waals surface area contributed by atoms with Gasteiger partial charge in [-0.05, 0) is 37.8 Å². The number of allylic oxidation sites excluding steroid dienone is 2. The van der Waals surface area contributed by atoms with Crippen molar-refractivity contribution in [3.8, 4) is 0 Å². The molecule has 1 nitrogen and oxygen atoms in total. The second-order valence-corrected chi connectivity index (χ2v) is 4.75. The summed E-state index contributed by atoms with van der Waals surface area (Å²) in [5.41, 5.74) is 2.63. The number of benzene rings is 1. The molecule has 0 heterocycles.